The highest BCUT2D eigenvalue weighted by atomic mass is 19.1. The van der Waals surface area contributed by atoms with Gasteiger partial charge in [0.25, 0.3) is 0 Å². The fourth-order valence-corrected chi connectivity index (χ4v) is 8.89. The second kappa shape index (κ2) is 9.25. The Bertz CT molecular complexity index is 1260. The highest BCUT2D eigenvalue weighted by molar-refractivity contribution is 6.01. The number of rotatable bonds is 6. The molecule has 0 radical (unpaired) electrons. The van der Waals surface area contributed by atoms with Crippen molar-refractivity contribution in [1.29, 1.82) is 0 Å². The molecule has 8 heteroatoms. The number of fused-ring (bicyclic) bond motifs is 7. The fourth-order valence-electron chi connectivity index (χ4n) is 8.89. The van der Waals surface area contributed by atoms with Crippen LogP contribution in [0.2, 0.25) is 0 Å². The van der Waals surface area contributed by atoms with Gasteiger partial charge in [-0.15, -0.1) is 0 Å². The van der Waals surface area contributed by atoms with E-state index < -0.39 is 40.7 Å². The number of nitrogen functional groups attached to an aromatic ring is 1. The van der Waals surface area contributed by atoms with Crippen molar-refractivity contribution in [2.45, 2.75) is 83.4 Å². The number of Topliss-reactive ketones (excluding diaryl/α,β-unsaturated/α-hetero) is 1. The minimum atomic E-state index is -1.30. The van der Waals surface area contributed by atoms with Crippen molar-refractivity contribution < 1.29 is 33.3 Å². The van der Waals surface area contributed by atoms with Gasteiger partial charge in [-0.3, -0.25) is 9.59 Å². The molecule has 210 valence electrons. The van der Waals surface area contributed by atoms with Gasteiger partial charge < -0.3 is 25.1 Å². The summed E-state index contributed by atoms with van der Waals surface area (Å²) in [4.78, 5) is 26.3. The number of hydrogen-bond donors (Lipinski definition) is 2. The molecule has 1 aromatic rings. The van der Waals surface area contributed by atoms with Gasteiger partial charge in [-0.1, -0.05) is 38.8 Å². The van der Waals surface area contributed by atoms with E-state index in [1.807, 2.05) is 13.0 Å². The highest BCUT2D eigenvalue weighted by Crippen LogP contribution is 2.69. The number of anilines is 1. The predicted octanol–water partition coefficient (Wildman–Crippen LogP) is 4.52. The Morgan fingerprint density at radius 1 is 1.31 bits per heavy atom. The molecule has 39 heavy (non-hydrogen) atoms. The second-order valence-corrected chi connectivity index (χ2v) is 12.5. The van der Waals surface area contributed by atoms with E-state index in [9.17, 15) is 19.1 Å². The third-order valence-corrected chi connectivity index (χ3v) is 10.5. The van der Waals surface area contributed by atoms with E-state index in [2.05, 4.69) is 13.8 Å². The summed E-state index contributed by atoms with van der Waals surface area (Å²) in [7, 11) is 0. The number of ketones is 2. The minimum absolute atomic E-state index is 0.00249. The normalized spacial score (nSPS) is 42.3. The van der Waals surface area contributed by atoms with Crippen molar-refractivity contribution >= 4 is 17.3 Å². The largest absolute Gasteiger partial charge is 0.483 e. The molecular weight excluding hydrogens is 501 g/mol. The first-order valence-electron chi connectivity index (χ1n) is 14.2. The van der Waals surface area contributed by atoms with Crippen LogP contribution in [0.5, 0.6) is 5.75 Å². The van der Waals surface area contributed by atoms with Gasteiger partial charge in [-0.2, -0.15) is 0 Å². The van der Waals surface area contributed by atoms with E-state index in [1.54, 1.807) is 12.2 Å². The number of halogens is 1. The van der Waals surface area contributed by atoms with Gasteiger partial charge in [0.1, 0.15) is 6.61 Å². The first-order chi connectivity index (χ1) is 18.5. The molecule has 6 rings (SSSR count). The summed E-state index contributed by atoms with van der Waals surface area (Å²) in [6.45, 7) is 5.85. The van der Waals surface area contributed by atoms with Crippen LogP contribution in [-0.4, -0.2) is 47.4 Å². The van der Waals surface area contributed by atoms with Crippen molar-refractivity contribution in [3.63, 3.8) is 0 Å². The molecule has 4 fully saturated rings. The molecule has 3 N–H and O–H groups in total. The van der Waals surface area contributed by atoms with Gasteiger partial charge >= 0.3 is 0 Å². The monoisotopic (exact) mass is 539 g/mol. The van der Waals surface area contributed by atoms with Crippen molar-refractivity contribution in [3.8, 4) is 5.75 Å². The lowest BCUT2D eigenvalue weighted by atomic mass is 9.46. The molecule has 1 aromatic carbocycles. The quantitative estimate of drug-likeness (QED) is 0.512. The van der Waals surface area contributed by atoms with Crippen LogP contribution in [0, 0.1) is 34.4 Å². The molecule has 0 bridgehead atoms. The number of benzene rings is 1. The van der Waals surface area contributed by atoms with Crippen LogP contribution in [0.25, 0.3) is 0 Å². The summed E-state index contributed by atoms with van der Waals surface area (Å²) in [5.41, 5.74) is 4.60. The van der Waals surface area contributed by atoms with Crippen molar-refractivity contribution in [2.24, 2.45) is 28.6 Å². The standard InChI is InChI=1S/C31H38FNO6/c1-4-5-27-38-26-14-21-20-8-6-17-12-19(34)10-11-29(17,2)28(20)23(35)15-30(21,3)31(26,39-27)25(36)16-37-24-9-7-18(33)13-22(24)32/h7,9-13,20-21,23,26-28,35H,4-6,8,14-16,33H2,1-3H3/t20-,21-,23-,26+,27+,28+,29-,30-,31+/m0/s1. The molecule has 0 amide bonds. The summed E-state index contributed by atoms with van der Waals surface area (Å²) in [6, 6.07) is 4.11. The highest BCUT2D eigenvalue weighted by Gasteiger charge is 2.75. The van der Waals surface area contributed by atoms with E-state index in [1.165, 1.54) is 12.1 Å². The molecule has 9 atom stereocenters. The molecule has 5 aliphatic rings. The number of nitrogens with two attached hydrogens (primary N) is 1. The third kappa shape index (κ3) is 3.78. The lowest BCUT2D eigenvalue weighted by molar-refractivity contribution is -0.200. The van der Waals surface area contributed by atoms with Crippen LogP contribution in [-0.2, 0) is 19.1 Å². The Morgan fingerprint density at radius 3 is 2.85 bits per heavy atom. The van der Waals surface area contributed by atoms with Crippen LogP contribution in [0.4, 0.5) is 10.1 Å². The van der Waals surface area contributed by atoms with Gasteiger partial charge in [0.05, 0.1) is 12.2 Å². The lowest BCUT2D eigenvalue weighted by Crippen LogP contribution is -2.63. The van der Waals surface area contributed by atoms with Crippen molar-refractivity contribution in [2.75, 3.05) is 12.3 Å². The molecule has 1 aliphatic heterocycles. The topological polar surface area (TPSA) is 108 Å². The van der Waals surface area contributed by atoms with Crippen LogP contribution in [0.3, 0.4) is 0 Å². The molecular formula is C31H38FNO6. The van der Waals surface area contributed by atoms with E-state index in [0.717, 1.165) is 30.9 Å². The van der Waals surface area contributed by atoms with Crippen LogP contribution < -0.4 is 10.5 Å². The van der Waals surface area contributed by atoms with Crippen LogP contribution in [0.15, 0.2) is 42.0 Å². The van der Waals surface area contributed by atoms with Crippen molar-refractivity contribution in [3.05, 3.63) is 47.8 Å². The predicted molar refractivity (Wildman–Crippen MR) is 142 cm³/mol. The van der Waals surface area contributed by atoms with Gasteiger partial charge in [0, 0.05) is 28.5 Å². The Hall–Kier alpha value is -2.55. The van der Waals surface area contributed by atoms with E-state index in [0.29, 0.717) is 19.3 Å². The SMILES string of the molecule is CCC[C@@H]1O[C@@H]2C[C@H]3[C@@H]4CCC5=CC(=O)C=C[C@]5(C)[C@H]4[C@@H](O)C[C@]3(C)[C@]2(C(=O)COc2ccc(N)cc2F)O1. The lowest BCUT2D eigenvalue weighted by Gasteiger charge is -2.59. The Kier molecular flexibility index (Phi) is 6.32. The number of ether oxygens (including phenoxy) is 3. The first kappa shape index (κ1) is 26.7. The molecule has 1 saturated heterocycles. The average Bonchev–Trinajstić information content (AvgIpc) is 3.36. The molecule has 0 aromatic heterocycles. The molecule has 7 nitrogen and oxygen atoms in total. The van der Waals surface area contributed by atoms with E-state index in [-0.39, 0.29) is 47.4 Å². The number of carbonyl (C=O) groups excluding carboxylic acids is 2. The summed E-state index contributed by atoms with van der Waals surface area (Å²) in [5.74, 6) is -0.842. The Balaban J connectivity index is 1.34. The Labute approximate surface area is 228 Å². The number of aliphatic hydroxyl groups is 1. The molecule has 3 saturated carbocycles. The van der Waals surface area contributed by atoms with Crippen LogP contribution >= 0.6 is 0 Å². The number of hydrogen-bond acceptors (Lipinski definition) is 7. The zero-order chi connectivity index (χ0) is 27.7. The summed E-state index contributed by atoms with van der Waals surface area (Å²) in [6.07, 6.45) is 7.74. The molecule has 4 aliphatic carbocycles. The first-order valence-corrected chi connectivity index (χ1v) is 14.2. The zero-order valence-electron chi connectivity index (χ0n) is 22.8. The number of allylic oxidation sites excluding steroid dienone is 4. The van der Waals surface area contributed by atoms with Gasteiger partial charge in [0.15, 0.2) is 29.2 Å². The zero-order valence-corrected chi connectivity index (χ0v) is 22.8. The maximum Gasteiger partial charge on any atom is 0.205 e. The average molecular weight is 540 g/mol. The maximum atomic E-state index is 14.4. The van der Waals surface area contributed by atoms with Crippen molar-refractivity contribution in [1.82, 2.24) is 0 Å². The Morgan fingerprint density at radius 2 is 2.10 bits per heavy atom. The van der Waals surface area contributed by atoms with E-state index in [4.69, 9.17) is 19.9 Å². The third-order valence-electron chi connectivity index (χ3n) is 10.5. The molecule has 0 spiro atoms. The number of carbonyl (C=O) groups is 2. The fraction of sp³-hybridized carbons (Fsp3) is 0.613. The summed E-state index contributed by atoms with van der Waals surface area (Å²) < 4.78 is 33.2. The van der Waals surface area contributed by atoms with Gasteiger partial charge in [-0.05, 0) is 68.2 Å². The smallest absolute Gasteiger partial charge is 0.205 e. The maximum absolute atomic E-state index is 14.4. The summed E-state index contributed by atoms with van der Waals surface area (Å²) in [5, 5.41) is 11.8. The van der Waals surface area contributed by atoms with Gasteiger partial charge in [-0.25, -0.2) is 4.39 Å². The second-order valence-electron chi connectivity index (χ2n) is 12.5. The molecule has 0 unspecified atom stereocenters. The van der Waals surface area contributed by atoms with Gasteiger partial charge in [0.2, 0.25) is 5.78 Å². The number of aliphatic hydroxyl groups excluding tert-OH is 1. The van der Waals surface area contributed by atoms with E-state index >= 15 is 0 Å². The van der Waals surface area contributed by atoms with Crippen LogP contribution in [0.1, 0.15) is 59.3 Å². The molecule has 1 heterocycles. The summed E-state index contributed by atoms with van der Waals surface area (Å²) >= 11 is 0. The minimum Gasteiger partial charge on any atom is -0.483 e.